The van der Waals surface area contributed by atoms with Gasteiger partial charge in [0.25, 0.3) is 0 Å². The average Bonchev–Trinajstić information content (AvgIpc) is 3.65. The molecule has 0 fully saturated rings. The summed E-state index contributed by atoms with van der Waals surface area (Å²) in [5, 5.41) is 7.28. The zero-order chi connectivity index (χ0) is 26.4. The predicted octanol–water partition coefficient (Wildman–Crippen LogP) is 10.1. The second kappa shape index (κ2) is 7.87. The van der Waals surface area contributed by atoms with Gasteiger partial charge < -0.3 is 13.6 Å². The van der Waals surface area contributed by atoms with Crippen LogP contribution in [0.2, 0.25) is 0 Å². The molecule has 0 saturated carbocycles. The summed E-state index contributed by atoms with van der Waals surface area (Å²) in [6, 6.07) is 45.6. The Kier molecular flexibility index (Phi) is 4.26. The lowest BCUT2D eigenvalue weighted by Crippen LogP contribution is -1.99. The standard InChI is InChI=1S/C37H24N2O/c1-23-11-10-20-35-36(23)29-21-24(38-30-16-6-2-12-25(30)26-13-3-7-17-31(26)38)22-34(37(29)40-35)39-32-18-8-4-14-27(32)28-15-5-9-19-33(28)39/h2-22H,1H3. The third kappa shape index (κ3) is 2.79. The molecule has 3 heteroatoms. The normalized spacial score (nSPS) is 12.1. The fraction of sp³-hybridized carbons (Fsp3) is 0.0270. The Morgan fingerprint density at radius 3 is 1.52 bits per heavy atom. The Hall–Kier alpha value is -5.28. The lowest BCUT2D eigenvalue weighted by molar-refractivity contribution is 0.666. The van der Waals surface area contributed by atoms with Gasteiger partial charge in [0.1, 0.15) is 5.58 Å². The van der Waals surface area contributed by atoms with Crippen LogP contribution in [0.4, 0.5) is 0 Å². The van der Waals surface area contributed by atoms with Gasteiger partial charge in [-0.05, 0) is 55.0 Å². The van der Waals surface area contributed by atoms with Crippen LogP contribution in [0.25, 0.3) is 76.9 Å². The number of hydrogen-bond donors (Lipinski definition) is 0. The van der Waals surface area contributed by atoms with Crippen molar-refractivity contribution in [1.29, 1.82) is 0 Å². The minimum absolute atomic E-state index is 0.903. The van der Waals surface area contributed by atoms with Crippen LogP contribution in [-0.4, -0.2) is 9.13 Å². The first-order valence-electron chi connectivity index (χ1n) is 13.7. The molecule has 0 bridgehead atoms. The first-order chi connectivity index (χ1) is 19.8. The number of rotatable bonds is 2. The van der Waals surface area contributed by atoms with Crippen molar-refractivity contribution in [1.82, 2.24) is 9.13 Å². The van der Waals surface area contributed by atoms with Crippen LogP contribution in [0.15, 0.2) is 132 Å². The number of furan rings is 1. The van der Waals surface area contributed by atoms with Crippen LogP contribution >= 0.6 is 0 Å². The molecule has 9 rings (SSSR count). The zero-order valence-corrected chi connectivity index (χ0v) is 21.9. The fourth-order valence-electron chi connectivity index (χ4n) is 6.75. The monoisotopic (exact) mass is 512 g/mol. The van der Waals surface area contributed by atoms with E-state index in [0.29, 0.717) is 0 Å². The molecule has 40 heavy (non-hydrogen) atoms. The molecule has 6 aromatic carbocycles. The third-order valence-electron chi connectivity index (χ3n) is 8.43. The summed E-state index contributed by atoms with van der Waals surface area (Å²) in [4.78, 5) is 0. The molecule has 0 atom stereocenters. The Morgan fingerprint density at radius 2 is 0.975 bits per heavy atom. The number of hydrogen-bond acceptors (Lipinski definition) is 1. The molecule has 3 nitrogen and oxygen atoms in total. The van der Waals surface area contributed by atoms with Crippen LogP contribution in [0.5, 0.6) is 0 Å². The van der Waals surface area contributed by atoms with Gasteiger partial charge in [-0.2, -0.15) is 0 Å². The molecule has 0 amide bonds. The molecule has 0 N–H and O–H groups in total. The number of aromatic nitrogens is 2. The van der Waals surface area contributed by atoms with Crippen molar-refractivity contribution < 1.29 is 4.42 Å². The summed E-state index contributed by atoms with van der Waals surface area (Å²) in [6.07, 6.45) is 0. The molecule has 3 heterocycles. The van der Waals surface area contributed by atoms with E-state index in [4.69, 9.17) is 4.42 Å². The molecule has 0 unspecified atom stereocenters. The Bertz CT molecular complexity index is 2340. The Morgan fingerprint density at radius 1 is 0.475 bits per heavy atom. The van der Waals surface area contributed by atoms with E-state index in [-0.39, 0.29) is 0 Å². The first-order valence-corrected chi connectivity index (χ1v) is 13.7. The maximum absolute atomic E-state index is 6.70. The molecule has 3 aromatic heterocycles. The lowest BCUT2D eigenvalue weighted by atomic mass is 10.1. The topological polar surface area (TPSA) is 23.0 Å². The first kappa shape index (κ1) is 21.6. The van der Waals surface area contributed by atoms with Gasteiger partial charge in [-0.3, -0.25) is 0 Å². The molecule has 0 radical (unpaired) electrons. The quantitative estimate of drug-likeness (QED) is 0.226. The number of para-hydroxylation sites is 4. The lowest BCUT2D eigenvalue weighted by Gasteiger charge is -2.14. The van der Waals surface area contributed by atoms with Crippen LogP contribution in [0.3, 0.4) is 0 Å². The van der Waals surface area contributed by atoms with Crippen molar-refractivity contribution in [3.63, 3.8) is 0 Å². The van der Waals surface area contributed by atoms with Crippen LogP contribution in [0.1, 0.15) is 5.56 Å². The molecule has 9 aromatic rings. The molecule has 0 aliphatic rings. The van der Waals surface area contributed by atoms with E-state index in [1.807, 2.05) is 0 Å². The molecule has 0 spiro atoms. The van der Waals surface area contributed by atoms with Crippen molar-refractivity contribution in [2.24, 2.45) is 0 Å². The van der Waals surface area contributed by atoms with Crippen LogP contribution in [-0.2, 0) is 0 Å². The summed E-state index contributed by atoms with van der Waals surface area (Å²) in [6.45, 7) is 2.17. The van der Waals surface area contributed by atoms with Gasteiger partial charge in [0.2, 0.25) is 0 Å². The van der Waals surface area contributed by atoms with Gasteiger partial charge in [0, 0.05) is 38.0 Å². The zero-order valence-electron chi connectivity index (χ0n) is 21.9. The van der Waals surface area contributed by atoms with Crippen molar-refractivity contribution in [3.8, 4) is 11.4 Å². The van der Waals surface area contributed by atoms with E-state index >= 15 is 0 Å². The number of nitrogens with zero attached hydrogens (tertiary/aromatic N) is 2. The number of benzene rings is 6. The van der Waals surface area contributed by atoms with Gasteiger partial charge in [0.15, 0.2) is 5.58 Å². The van der Waals surface area contributed by atoms with Gasteiger partial charge >= 0.3 is 0 Å². The number of aryl methyl sites for hydroxylation is 1. The second-order valence-corrected chi connectivity index (χ2v) is 10.6. The predicted molar refractivity (Wildman–Crippen MR) is 167 cm³/mol. The smallest absolute Gasteiger partial charge is 0.159 e. The van der Waals surface area contributed by atoms with Crippen molar-refractivity contribution in [2.45, 2.75) is 6.92 Å². The van der Waals surface area contributed by atoms with Crippen LogP contribution < -0.4 is 0 Å². The Labute approximate surface area is 230 Å². The summed E-state index contributed by atoms with van der Waals surface area (Å²) in [5.41, 5.74) is 9.92. The summed E-state index contributed by atoms with van der Waals surface area (Å²) in [5.74, 6) is 0. The number of fused-ring (bicyclic) bond motifs is 9. The third-order valence-corrected chi connectivity index (χ3v) is 8.43. The minimum Gasteiger partial charge on any atom is -0.454 e. The molecule has 188 valence electrons. The molecule has 0 saturated heterocycles. The average molecular weight is 513 g/mol. The highest BCUT2D eigenvalue weighted by molar-refractivity contribution is 6.15. The SMILES string of the molecule is Cc1cccc2oc3c(-n4c5ccccc5c5ccccc54)cc(-n4c5ccccc5c5ccccc54)cc3c12. The van der Waals surface area contributed by atoms with Crippen LogP contribution in [0, 0.1) is 6.92 Å². The Balaban J connectivity index is 1.51. The summed E-state index contributed by atoms with van der Waals surface area (Å²) >= 11 is 0. The van der Waals surface area contributed by atoms with E-state index in [9.17, 15) is 0 Å². The minimum atomic E-state index is 0.903. The molecule has 0 aliphatic carbocycles. The van der Waals surface area contributed by atoms with E-state index < -0.39 is 0 Å². The maximum Gasteiger partial charge on any atom is 0.159 e. The second-order valence-electron chi connectivity index (χ2n) is 10.6. The highest BCUT2D eigenvalue weighted by Gasteiger charge is 2.21. The van der Waals surface area contributed by atoms with Crippen molar-refractivity contribution >= 4 is 65.6 Å². The van der Waals surface area contributed by atoms with E-state index in [2.05, 4.69) is 143 Å². The van der Waals surface area contributed by atoms with Gasteiger partial charge in [-0.1, -0.05) is 84.9 Å². The molecule has 0 aliphatic heterocycles. The molecular weight excluding hydrogens is 488 g/mol. The summed E-state index contributed by atoms with van der Waals surface area (Å²) in [7, 11) is 0. The van der Waals surface area contributed by atoms with Gasteiger partial charge in [0.05, 0.1) is 27.8 Å². The van der Waals surface area contributed by atoms with E-state index in [1.54, 1.807) is 0 Å². The van der Waals surface area contributed by atoms with E-state index in [1.165, 1.54) is 54.6 Å². The van der Waals surface area contributed by atoms with E-state index in [0.717, 1.165) is 27.9 Å². The van der Waals surface area contributed by atoms with Gasteiger partial charge in [-0.25, -0.2) is 0 Å². The highest BCUT2D eigenvalue weighted by atomic mass is 16.3. The fourth-order valence-corrected chi connectivity index (χ4v) is 6.75. The molecular formula is C37H24N2O. The van der Waals surface area contributed by atoms with Crippen molar-refractivity contribution in [3.05, 3.63) is 133 Å². The summed E-state index contributed by atoms with van der Waals surface area (Å²) < 4.78 is 11.5. The largest absolute Gasteiger partial charge is 0.454 e. The van der Waals surface area contributed by atoms with Crippen molar-refractivity contribution in [2.75, 3.05) is 0 Å². The maximum atomic E-state index is 6.70. The highest BCUT2D eigenvalue weighted by Crippen LogP contribution is 2.41. The van der Waals surface area contributed by atoms with Gasteiger partial charge in [-0.15, -0.1) is 0 Å².